The number of nitrogen functional groups attached to an aromatic ring is 1. The summed E-state index contributed by atoms with van der Waals surface area (Å²) in [6, 6.07) is 4.02. The van der Waals surface area contributed by atoms with Gasteiger partial charge in [-0.05, 0) is 25.0 Å². The van der Waals surface area contributed by atoms with Crippen LogP contribution >= 0.6 is 11.3 Å². The Morgan fingerprint density at radius 1 is 1.47 bits per heavy atom. The van der Waals surface area contributed by atoms with Crippen molar-refractivity contribution in [1.29, 1.82) is 0 Å². The van der Waals surface area contributed by atoms with E-state index in [0.717, 1.165) is 35.3 Å². The number of hydrogen-bond donors (Lipinski definition) is 3. The topological polar surface area (TPSA) is 71.2 Å². The SMILES string of the molecule is Nc1c(NCC2(CO)CC2)ccc2scnc12. The molecule has 3 rings (SSSR count). The summed E-state index contributed by atoms with van der Waals surface area (Å²) in [6.45, 7) is 1.03. The van der Waals surface area contributed by atoms with E-state index in [1.165, 1.54) is 0 Å². The standard InChI is InChI=1S/C12H15N3OS/c13-10-8(14-5-12(6-16)3-4-12)1-2-9-11(10)15-7-17-9/h1-2,7,14,16H,3-6,13H2. The first-order chi connectivity index (χ1) is 8.24. The van der Waals surface area contributed by atoms with Crippen LogP contribution in [-0.2, 0) is 0 Å². The van der Waals surface area contributed by atoms with Gasteiger partial charge in [0.05, 0.1) is 28.2 Å². The van der Waals surface area contributed by atoms with Gasteiger partial charge in [-0.2, -0.15) is 0 Å². The van der Waals surface area contributed by atoms with E-state index in [1.54, 1.807) is 16.8 Å². The van der Waals surface area contributed by atoms with E-state index >= 15 is 0 Å². The molecule has 4 N–H and O–H groups in total. The van der Waals surface area contributed by atoms with Crippen LogP contribution in [0.5, 0.6) is 0 Å². The van der Waals surface area contributed by atoms with E-state index in [-0.39, 0.29) is 12.0 Å². The van der Waals surface area contributed by atoms with Crippen LogP contribution < -0.4 is 11.1 Å². The smallest absolute Gasteiger partial charge is 0.106 e. The molecule has 1 saturated carbocycles. The van der Waals surface area contributed by atoms with Gasteiger partial charge in [-0.15, -0.1) is 11.3 Å². The molecule has 0 aliphatic heterocycles. The highest BCUT2D eigenvalue weighted by atomic mass is 32.1. The third-order valence-electron chi connectivity index (χ3n) is 3.49. The Morgan fingerprint density at radius 3 is 3.00 bits per heavy atom. The molecule has 90 valence electrons. The number of hydrogen-bond acceptors (Lipinski definition) is 5. The largest absolute Gasteiger partial charge is 0.396 e. The fourth-order valence-electron chi connectivity index (χ4n) is 1.96. The van der Waals surface area contributed by atoms with Crippen molar-refractivity contribution in [3.8, 4) is 0 Å². The fourth-order valence-corrected chi connectivity index (χ4v) is 2.65. The minimum Gasteiger partial charge on any atom is -0.396 e. The lowest BCUT2D eigenvalue weighted by molar-refractivity contribution is 0.220. The average Bonchev–Trinajstić information content (AvgIpc) is 2.96. The van der Waals surface area contributed by atoms with Crippen LogP contribution in [-0.4, -0.2) is 23.2 Å². The van der Waals surface area contributed by atoms with Crippen LogP contribution in [0, 0.1) is 5.41 Å². The maximum Gasteiger partial charge on any atom is 0.106 e. The zero-order valence-corrected chi connectivity index (χ0v) is 10.3. The molecule has 0 saturated heterocycles. The molecule has 1 aromatic heterocycles. The molecular formula is C12H15N3OS. The van der Waals surface area contributed by atoms with Gasteiger partial charge in [-0.3, -0.25) is 0 Å². The zero-order valence-electron chi connectivity index (χ0n) is 9.44. The second-order valence-corrected chi connectivity index (χ2v) is 5.62. The van der Waals surface area contributed by atoms with Gasteiger partial charge in [0, 0.05) is 12.0 Å². The highest BCUT2D eigenvalue weighted by Gasteiger charge is 2.41. The van der Waals surface area contributed by atoms with E-state index in [2.05, 4.69) is 10.3 Å². The molecule has 1 fully saturated rings. The van der Waals surface area contributed by atoms with Crippen molar-refractivity contribution in [1.82, 2.24) is 4.98 Å². The Hall–Kier alpha value is -1.33. The maximum atomic E-state index is 9.26. The zero-order chi connectivity index (χ0) is 11.9. The Labute approximate surface area is 103 Å². The first kappa shape index (κ1) is 10.8. The maximum absolute atomic E-state index is 9.26. The lowest BCUT2D eigenvalue weighted by Crippen LogP contribution is -2.19. The lowest BCUT2D eigenvalue weighted by atomic mass is 10.1. The van der Waals surface area contributed by atoms with Crippen LogP contribution in [0.3, 0.4) is 0 Å². The van der Waals surface area contributed by atoms with Crippen LogP contribution in [0.4, 0.5) is 11.4 Å². The van der Waals surface area contributed by atoms with Gasteiger partial charge < -0.3 is 16.2 Å². The van der Waals surface area contributed by atoms with E-state index in [4.69, 9.17) is 5.73 Å². The van der Waals surface area contributed by atoms with Gasteiger partial charge in [0.15, 0.2) is 0 Å². The number of fused-ring (bicyclic) bond motifs is 1. The molecule has 0 spiro atoms. The van der Waals surface area contributed by atoms with E-state index in [1.807, 2.05) is 12.1 Å². The number of thiazole rings is 1. The third-order valence-corrected chi connectivity index (χ3v) is 4.28. The Balaban J connectivity index is 1.83. The van der Waals surface area contributed by atoms with Crippen molar-refractivity contribution >= 4 is 32.9 Å². The van der Waals surface area contributed by atoms with E-state index in [9.17, 15) is 5.11 Å². The fraction of sp³-hybridized carbons (Fsp3) is 0.417. The molecule has 17 heavy (non-hydrogen) atoms. The Morgan fingerprint density at radius 2 is 2.29 bits per heavy atom. The molecule has 0 unspecified atom stereocenters. The minimum atomic E-state index is 0.0868. The molecule has 0 amide bonds. The van der Waals surface area contributed by atoms with Gasteiger partial charge >= 0.3 is 0 Å². The first-order valence-corrected chi connectivity index (χ1v) is 6.58. The molecule has 1 aromatic carbocycles. The number of rotatable bonds is 4. The number of benzene rings is 1. The van der Waals surface area contributed by atoms with Crippen LogP contribution in [0.2, 0.25) is 0 Å². The number of aliphatic hydroxyl groups is 1. The molecule has 1 heterocycles. The van der Waals surface area contributed by atoms with Gasteiger partial charge in [0.1, 0.15) is 5.52 Å². The molecule has 1 aliphatic rings. The summed E-state index contributed by atoms with van der Waals surface area (Å²) >= 11 is 1.59. The van der Waals surface area contributed by atoms with E-state index in [0.29, 0.717) is 5.69 Å². The summed E-state index contributed by atoms with van der Waals surface area (Å²) < 4.78 is 1.11. The highest BCUT2D eigenvalue weighted by Crippen LogP contribution is 2.45. The van der Waals surface area contributed by atoms with Crippen molar-refractivity contribution in [2.24, 2.45) is 5.41 Å². The van der Waals surface area contributed by atoms with Crippen LogP contribution in [0.25, 0.3) is 10.2 Å². The second-order valence-electron chi connectivity index (χ2n) is 4.74. The third kappa shape index (κ3) is 1.85. The summed E-state index contributed by atoms with van der Waals surface area (Å²) in [5, 5.41) is 12.6. The summed E-state index contributed by atoms with van der Waals surface area (Å²) in [5.74, 6) is 0. The summed E-state index contributed by atoms with van der Waals surface area (Å²) in [6.07, 6.45) is 2.19. The predicted octanol–water partition coefficient (Wildman–Crippen LogP) is 2.06. The van der Waals surface area contributed by atoms with E-state index < -0.39 is 0 Å². The monoisotopic (exact) mass is 249 g/mol. The predicted molar refractivity (Wildman–Crippen MR) is 71.3 cm³/mol. The summed E-state index contributed by atoms with van der Waals surface area (Å²) in [5.41, 5.74) is 10.5. The molecule has 4 nitrogen and oxygen atoms in total. The molecule has 0 bridgehead atoms. The first-order valence-electron chi connectivity index (χ1n) is 5.70. The molecule has 0 atom stereocenters. The van der Waals surface area contributed by atoms with Crippen LogP contribution in [0.1, 0.15) is 12.8 Å². The average molecular weight is 249 g/mol. The normalized spacial score (nSPS) is 17.2. The van der Waals surface area contributed by atoms with Crippen molar-refractivity contribution in [2.45, 2.75) is 12.8 Å². The number of nitrogens with zero attached hydrogens (tertiary/aromatic N) is 1. The molecule has 0 radical (unpaired) electrons. The molecule has 5 heteroatoms. The number of anilines is 2. The number of aromatic nitrogens is 1. The quantitative estimate of drug-likeness (QED) is 0.725. The molecule has 2 aromatic rings. The van der Waals surface area contributed by atoms with Gasteiger partial charge in [-0.1, -0.05) is 0 Å². The molecule has 1 aliphatic carbocycles. The second kappa shape index (κ2) is 3.85. The van der Waals surface area contributed by atoms with Crippen molar-refractivity contribution in [3.05, 3.63) is 17.6 Å². The van der Waals surface area contributed by atoms with Gasteiger partial charge in [0.25, 0.3) is 0 Å². The molecular weight excluding hydrogens is 234 g/mol. The Kier molecular flexibility index (Phi) is 2.45. The number of nitrogens with two attached hydrogens (primary N) is 1. The number of aliphatic hydroxyl groups excluding tert-OH is 1. The van der Waals surface area contributed by atoms with Crippen LogP contribution in [0.15, 0.2) is 17.6 Å². The van der Waals surface area contributed by atoms with Crippen molar-refractivity contribution < 1.29 is 5.11 Å². The van der Waals surface area contributed by atoms with Gasteiger partial charge in [-0.25, -0.2) is 4.98 Å². The highest BCUT2D eigenvalue weighted by molar-refractivity contribution is 7.16. The lowest BCUT2D eigenvalue weighted by Gasteiger charge is -2.15. The van der Waals surface area contributed by atoms with Gasteiger partial charge in [0.2, 0.25) is 0 Å². The number of nitrogens with one attached hydrogen (secondary N) is 1. The summed E-state index contributed by atoms with van der Waals surface area (Å²) in [7, 11) is 0. The van der Waals surface area contributed by atoms with Crippen molar-refractivity contribution in [2.75, 3.05) is 24.2 Å². The van der Waals surface area contributed by atoms with Crippen molar-refractivity contribution in [3.63, 3.8) is 0 Å². The Bertz CT molecular complexity index is 548. The summed E-state index contributed by atoms with van der Waals surface area (Å²) in [4.78, 5) is 4.26. The minimum absolute atomic E-state index is 0.0868.